The van der Waals surface area contributed by atoms with Crippen LogP contribution >= 0.6 is 0 Å². The highest BCUT2D eigenvalue weighted by Crippen LogP contribution is 2.40. The lowest BCUT2D eigenvalue weighted by Crippen LogP contribution is -2.61. The number of cyclic esters (lactones) is 1. The molecule has 15 atom stereocenters. The molecule has 1 amide bonds. The Morgan fingerprint density at radius 1 is 0.848 bits per heavy atom. The zero-order valence-electron chi connectivity index (χ0n) is 41.5. The summed E-state index contributed by atoms with van der Waals surface area (Å²) in [5, 5.41) is 34.0. The van der Waals surface area contributed by atoms with E-state index in [0.29, 0.717) is 69.8 Å². The number of hydrogen-bond donors (Lipinski definition) is 3. The summed E-state index contributed by atoms with van der Waals surface area (Å²) >= 11 is 0. The smallest absolute Gasteiger partial charge is 0.329 e. The second-order valence-corrected chi connectivity index (χ2v) is 20.2. The fourth-order valence-corrected chi connectivity index (χ4v) is 10.3. The van der Waals surface area contributed by atoms with Crippen molar-refractivity contribution in [2.24, 2.45) is 35.5 Å². The van der Waals surface area contributed by atoms with Gasteiger partial charge in [0.15, 0.2) is 5.78 Å². The molecule has 2 bridgehead atoms. The van der Waals surface area contributed by atoms with Crippen LogP contribution in [0.3, 0.4) is 0 Å². The molecule has 3 N–H and O–H groups in total. The van der Waals surface area contributed by atoms with Crippen molar-refractivity contribution in [3.05, 3.63) is 47.6 Å². The first-order valence-corrected chi connectivity index (χ1v) is 24.3. The number of ether oxygens (including phenoxy) is 5. The highest BCUT2D eigenvalue weighted by atomic mass is 16.6. The molecule has 0 aromatic heterocycles. The fourth-order valence-electron chi connectivity index (χ4n) is 10.3. The number of allylic oxidation sites excluding steroid dienone is 6. The molecule has 66 heavy (non-hydrogen) atoms. The van der Waals surface area contributed by atoms with Gasteiger partial charge in [-0.25, -0.2) is 4.79 Å². The van der Waals surface area contributed by atoms with Crippen LogP contribution in [0.1, 0.15) is 132 Å². The number of aliphatic hydroxyl groups is 3. The van der Waals surface area contributed by atoms with Crippen molar-refractivity contribution in [1.29, 1.82) is 0 Å². The molecule has 14 heteroatoms. The molecule has 1 saturated carbocycles. The summed E-state index contributed by atoms with van der Waals surface area (Å²) in [6.45, 7) is 14.5. The Kier molecular flexibility index (Phi) is 20.7. The summed E-state index contributed by atoms with van der Waals surface area (Å²) in [6, 6.07) is -1.16. The number of ketones is 3. The third kappa shape index (κ3) is 13.9. The standard InChI is InChI=1S/C52H81NO13/c1-31-17-13-12-14-18-32(2)43(62-9)29-39-22-20-36(6)52(61,65-39)48(58)49(59)53-24-16-15-19-40(53)50(60)66-51(8,37(7)27-38-21-23-41(54)44(28-38)63-10)30-42(55)33(3)26-35(5)46(57)47(64-11)45(56)34(4)25-31/h12-14,17-18,26,31,33-34,36-41,43-44,46-47,54,57,61H,15-16,19-25,27-30H2,1-11H3/b14-12+,17-13+,32-18+,35-26+/t31-,33-,34-,36-,37-,38?,39?,40?,41-,43+,44-,46-,47+,51+,52-/m1/s1. The van der Waals surface area contributed by atoms with Gasteiger partial charge in [-0.1, -0.05) is 71.1 Å². The van der Waals surface area contributed by atoms with Gasteiger partial charge in [-0.3, -0.25) is 19.2 Å². The van der Waals surface area contributed by atoms with Gasteiger partial charge >= 0.3 is 5.97 Å². The van der Waals surface area contributed by atoms with Crippen molar-refractivity contribution >= 4 is 29.2 Å². The van der Waals surface area contributed by atoms with Crippen molar-refractivity contribution in [2.45, 2.75) is 186 Å². The first-order chi connectivity index (χ1) is 31.1. The number of amides is 1. The summed E-state index contributed by atoms with van der Waals surface area (Å²) < 4.78 is 29.6. The van der Waals surface area contributed by atoms with Gasteiger partial charge in [0.1, 0.15) is 29.6 Å². The van der Waals surface area contributed by atoms with Gasteiger partial charge < -0.3 is 43.9 Å². The minimum atomic E-state index is -2.44. The molecule has 2 saturated heterocycles. The first-order valence-electron chi connectivity index (χ1n) is 24.3. The Bertz CT molecular complexity index is 1810. The number of methoxy groups -OCH3 is 3. The molecule has 4 aliphatic rings. The number of fused-ring (bicyclic) bond motifs is 3. The number of hydrogen-bond acceptors (Lipinski definition) is 13. The highest BCUT2D eigenvalue weighted by Gasteiger charge is 2.53. The van der Waals surface area contributed by atoms with Crippen LogP contribution in [-0.4, -0.2) is 131 Å². The van der Waals surface area contributed by atoms with Gasteiger partial charge in [-0.2, -0.15) is 0 Å². The van der Waals surface area contributed by atoms with E-state index in [0.717, 1.165) is 5.57 Å². The Hall–Kier alpha value is -3.37. The maximum absolute atomic E-state index is 14.6. The van der Waals surface area contributed by atoms with Gasteiger partial charge in [0.25, 0.3) is 11.7 Å². The Labute approximate surface area is 393 Å². The highest BCUT2D eigenvalue weighted by molar-refractivity contribution is 6.39. The van der Waals surface area contributed by atoms with E-state index >= 15 is 0 Å². The van der Waals surface area contributed by atoms with Crippen LogP contribution < -0.4 is 0 Å². The summed E-state index contributed by atoms with van der Waals surface area (Å²) in [4.78, 5) is 72.4. The number of carbonyl (C=O) groups is 5. The summed E-state index contributed by atoms with van der Waals surface area (Å²) in [7, 11) is 4.52. The third-order valence-corrected chi connectivity index (χ3v) is 15.1. The number of rotatable bonds is 6. The lowest BCUT2D eigenvalue weighted by Gasteiger charge is -2.43. The number of esters is 1. The second-order valence-electron chi connectivity index (χ2n) is 20.2. The van der Waals surface area contributed by atoms with Gasteiger partial charge in [-0.15, -0.1) is 0 Å². The van der Waals surface area contributed by atoms with E-state index in [9.17, 15) is 39.3 Å². The quantitative estimate of drug-likeness (QED) is 0.147. The minimum absolute atomic E-state index is 0.0159. The molecule has 3 aliphatic heterocycles. The largest absolute Gasteiger partial charge is 0.457 e. The predicted molar refractivity (Wildman–Crippen MR) is 250 cm³/mol. The van der Waals surface area contributed by atoms with E-state index in [1.807, 2.05) is 58.1 Å². The SMILES string of the molecule is CO[C@H]1CC2CC[C@@H](C)[C@@](O)(O2)C(=O)C(=O)N2CCCCC2C(=O)O[C@](C)([C@H](C)CC2CC[C@@H](O)[C@H](OC)C2)CC(=O)[C@H](C)/C=C(\C)[C@@H](O)[C@@H](OC)C(=O)[C@H](C)C[C@H](C)/C=C/C=C/C=C/1C. The van der Waals surface area contributed by atoms with Crippen molar-refractivity contribution in [2.75, 3.05) is 27.9 Å². The van der Waals surface area contributed by atoms with E-state index in [1.165, 1.54) is 12.0 Å². The van der Waals surface area contributed by atoms with Crippen LogP contribution in [0.5, 0.6) is 0 Å². The van der Waals surface area contributed by atoms with E-state index in [1.54, 1.807) is 48.0 Å². The van der Waals surface area contributed by atoms with Crippen molar-refractivity contribution < 1.29 is 63.0 Å². The van der Waals surface area contributed by atoms with Crippen molar-refractivity contribution in [1.82, 2.24) is 4.90 Å². The predicted octanol–water partition coefficient (Wildman–Crippen LogP) is 6.57. The molecule has 0 aromatic carbocycles. The van der Waals surface area contributed by atoms with E-state index < -0.39 is 89.3 Å². The zero-order valence-corrected chi connectivity index (χ0v) is 41.5. The number of carbonyl (C=O) groups excluding carboxylic acids is 5. The number of aliphatic hydroxyl groups excluding tert-OH is 2. The van der Waals surface area contributed by atoms with Crippen LogP contribution in [0.15, 0.2) is 47.6 Å². The van der Waals surface area contributed by atoms with Gasteiger partial charge in [0.05, 0.1) is 24.4 Å². The Morgan fingerprint density at radius 2 is 1.56 bits per heavy atom. The third-order valence-electron chi connectivity index (χ3n) is 15.1. The lowest BCUT2D eigenvalue weighted by atomic mass is 9.74. The lowest BCUT2D eigenvalue weighted by molar-refractivity contribution is -0.265. The number of nitrogens with zero attached hydrogens (tertiary/aromatic N) is 1. The minimum Gasteiger partial charge on any atom is -0.457 e. The molecule has 4 rings (SSSR count). The van der Waals surface area contributed by atoms with Crippen LogP contribution in [0.25, 0.3) is 0 Å². The fraction of sp³-hybridized carbons (Fsp3) is 0.750. The molecule has 0 spiro atoms. The molecule has 1 aliphatic carbocycles. The number of piperidine rings is 1. The monoisotopic (exact) mass is 928 g/mol. The normalized spacial score (nSPS) is 41.1. The summed E-state index contributed by atoms with van der Waals surface area (Å²) in [5.74, 6) is -8.11. The van der Waals surface area contributed by atoms with E-state index in [-0.39, 0.29) is 48.9 Å². The maximum atomic E-state index is 14.6. The molecule has 0 aromatic rings. The molecular weight excluding hydrogens is 847 g/mol. The van der Waals surface area contributed by atoms with Crippen LogP contribution in [0.4, 0.5) is 0 Å². The maximum Gasteiger partial charge on any atom is 0.329 e. The topological polar surface area (TPSA) is 195 Å². The zero-order chi connectivity index (χ0) is 49.1. The Morgan fingerprint density at radius 3 is 2.23 bits per heavy atom. The van der Waals surface area contributed by atoms with E-state index in [2.05, 4.69) is 0 Å². The molecule has 3 fully saturated rings. The average molecular weight is 928 g/mol. The van der Waals surface area contributed by atoms with Gasteiger partial charge in [0.2, 0.25) is 5.79 Å². The molecule has 0 radical (unpaired) electrons. The number of Topliss-reactive ketones (excluding diaryl/α,β-unsaturated/α-hetero) is 3. The molecule has 3 unspecified atom stereocenters. The van der Waals surface area contributed by atoms with Crippen LogP contribution in [-0.2, 0) is 47.7 Å². The molecular formula is C52H81NO13. The first kappa shape index (κ1) is 55.2. The van der Waals surface area contributed by atoms with Gasteiger partial charge in [0, 0.05) is 58.5 Å². The molecule has 372 valence electrons. The van der Waals surface area contributed by atoms with Crippen LogP contribution in [0, 0.1) is 35.5 Å². The summed E-state index contributed by atoms with van der Waals surface area (Å²) in [5.41, 5.74) is -0.131. The van der Waals surface area contributed by atoms with Crippen molar-refractivity contribution in [3.63, 3.8) is 0 Å². The molecule has 3 heterocycles. The van der Waals surface area contributed by atoms with Crippen molar-refractivity contribution in [3.8, 4) is 0 Å². The van der Waals surface area contributed by atoms with Gasteiger partial charge in [-0.05, 0) is 114 Å². The van der Waals surface area contributed by atoms with Crippen LogP contribution in [0.2, 0.25) is 0 Å². The van der Waals surface area contributed by atoms with E-state index in [4.69, 9.17) is 23.7 Å². The summed E-state index contributed by atoms with van der Waals surface area (Å²) in [6.07, 6.45) is 11.9. The second kappa shape index (κ2) is 24.8. The average Bonchev–Trinajstić information content (AvgIpc) is 3.28. The Balaban J connectivity index is 1.73. The molecule has 14 nitrogen and oxygen atoms in total.